The van der Waals surface area contributed by atoms with E-state index in [1.165, 1.54) is 25.1 Å². The van der Waals surface area contributed by atoms with Gasteiger partial charge in [0.25, 0.3) is 0 Å². The van der Waals surface area contributed by atoms with Crippen molar-refractivity contribution in [3.63, 3.8) is 0 Å². The van der Waals surface area contributed by atoms with Crippen LogP contribution < -0.4 is 10.6 Å². The summed E-state index contributed by atoms with van der Waals surface area (Å²) in [6.45, 7) is -1.14. The smallest absolute Gasteiger partial charge is 0.229 e. The molecule has 0 aliphatic heterocycles. The topological polar surface area (TPSA) is 97.4 Å². The van der Waals surface area contributed by atoms with Gasteiger partial charge in [-0.15, -0.1) is 0 Å². The third-order valence-electron chi connectivity index (χ3n) is 3.51. The number of anilines is 4. The van der Waals surface area contributed by atoms with Crippen molar-refractivity contribution in [3.05, 3.63) is 76.9 Å². The Bertz CT molecular complexity index is 1490. The summed E-state index contributed by atoms with van der Waals surface area (Å²) >= 11 is 0. The van der Waals surface area contributed by atoms with Gasteiger partial charge in [-0.2, -0.15) is 15.5 Å². The quantitative estimate of drug-likeness (QED) is 0.610. The zero-order chi connectivity index (χ0) is 27.7. The highest BCUT2D eigenvalue weighted by Crippen LogP contribution is 2.26. The molecule has 0 amide bonds. The molecule has 0 fully saturated rings. The molecule has 0 spiro atoms. The van der Waals surface area contributed by atoms with E-state index in [0.717, 1.165) is 6.07 Å². The van der Waals surface area contributed by atoms with Crippen molar-refractivity contribution in [2.24, 2.45) is 0 Å². The first-order chi connectivity index (χ1) is 17.3. The van der Waals surface area contributed by atoms with Crippen LogP contribution in [0, 0.1) is 36.4 Å². The first-order valence-electron chi connectivity index (χ1n) is 12.4. The summed E-state index contributed by atoms with van der Waals surface area (Å²) < 4.78 is 71.4. The van der Waals surface area contributed by atoms with Crippen LogP contribution in [0.15, 0.2) is 54.6 Å². The SMILES string of the molecule is [2H]/C(C#N)=C(/[2H])c1cc(C)c(Nc2nc(Nc3cc([2H])c(C#N)c([2H])c3)nc([2H])c2[2H])c(C([2H])([2H])[2H])c1. The van der Waals surface area contributed by atoms with E-state index in [2.05, 4.69) is 20.6 Å². The summed E-state index contributed by atoms with van der Waals surface area (Å²) in [4.78, 5) is 8.03. The van der Waals surface area contributed by atoms with E-state index in [-0.39, 0.29) is 51.9 Å². The maximum absolute atomic E-state index is 9.05. The Hall–Kier alpha value is -4.16. The van der Waals surface area contributed by atoms with E-state index in [0.29, 0.717) is 5.56 Å². The highest BCUT2D eigenvalue weighted by atomic mass is 15.1. The van der Waals surface area contributed by atoms with Crippen molar-refractivity contribution in [2.75, 3.05) is 10.6 Å². The molecular formula is C22H18N6. The maximum Gasteiger partial charge on any atom is 0.229 e. The van der Waals surface area contributed by atoms with Crippen molar-refractivity contribution in [1.82, 2.24) is 9.97 Å². The molecule has 0 saturated carbocycles. The summed E-state index contributed by atoms with van der Waals surface area (Å²) in [6, 6.07) is 6.50. The Labute approximate surface area is 176 Å². The van der Waals surface area contributed by atoms with Gasteiger partial charge in [0.15, 0.2) is 0 Å². The molecule has 28 heavy (non-hydrogen) atoms. The van der Waals surface area contributed by atoms with Gasteiger partial charge in [0.1, 0.15) is 5.82 Å². The van der Waals surface area contributed by atoms with E-state index in [4.69, 9.17) is 22.9 Å². The first-order valence-corrected chi connectivity index (χ1v) is 7.90. The minimum atomic E-state index is -2.68. The van der Waals surface area contributed by atoms with Crippen LogP contribution in [0.2, 0.25) is 0 Å². The molecule has 2 N–H and O–H groups in total. The van der Waals surface area contributed by atoms with Gasteiger partial charge < -0.3 is 10.6 Å². The lowest BCUT2D eigenvalue weighted by molar-refractivity contribution is 1.16. The Balaban J connectivity index is 2.10. The zero-order valence-corrected chi connectivity index (χ0v) is 14.6. The molecule has 1 heterocycles. The lowest BCUT2D eigenvalue weighted by Gasteiger charge is -2.14. The Kier molecular flexibility index (Phi) is 3.10. The molecule has 3 aromatic rings. The number of aromatic nitrogens is 2. The predicted octanol–water partition coefficient (Wildman–Crippen LogP) is 4.99. The number of hydrogen-bond donors (Lipinski definition) is 2. The number of allylic oxidation sites excluding steroid dienone is 1. The minimum absolute atomic E-state index is 0.0397. The summed E-state index contributed by atoms with van der Waals surface area (Å²) in [5.74, 6) is -0.393. The molecule has 3 rings (SSSR count). The van der Waals surface area contributed by atoms with E-state index >= 15 is 0 Å². The molecule has 2 aromatic carbocycles. The number of hydrogen-bond acceptors (Lipinski definition) is 6. The molecule has 0 aliphatic carbocycles. The van der Waals surface area contributed by atoms with Crippen molar-refractivity contribution < 1.29 is 12.3 Å². The second-order valence-electron chi connectivity index (χ2n) is 5.48. The lowest BCUT2D eigenvalue weighted by Crippen LogP contribution is -2.02. The van der Waals surface area contributed by atoms with Crippen LogP contribution in [0.3, 0.4) is 0 Å². The Morgan fingerprint density at radius 2 is 1.96 bits per heavy atom. The molecule has 0 radical (unpaired) electrons. The normalized spacial score (nSPS) is 16.0. The average Bonchev–Trinajstić information content (AvgIpc) is 2.81. The molecule has 0 atom stereocenters. The van der Waals surface area contributed by atoms with Crippen LogP contribution in [0.5, 0.6) is 0 Å². The van der Waals surface area contributed by atoms with Crippen LogP contribution in [0.4, 0.5) is 23.1 Å². The van der Waals surface area contributed by atoms with E-state index in [1.807, 2.05) is 0 Å². The number of nitrogens with zero attached hydrogens (tertiary/aromatic N) is 4. The highest BCUT2D eigenvalue weighted by Gasteiger charge is 2.07. The fourth-order valence-corrected chi connectivity index (χ4v) is 2.30. The number of nitriles is 2. The fourth-order valence-electron chi connectivity index (χ4n) is 2.30. The Morgan fingerprint density at radius 3 is 2.68 bits per heavy atom. The second-order valence-corrected chi connectivity index (χ2v) is 5.48. The molecule has 0 bridgehead atoms. The van der Waals surface area contributed by atoms with Gasteiger partial charge in [0, 0.05) is 27.7 Å². The molecule has 6 nitrogen and oxygen atoms in total. The molecule has 0 saturated heterocycles. The summed E-state index contributed by atoms with van der Waals surface area (Å²) in [5.41, 5.74) is 0.240. The van der Waals surface area contributed by atoms with Crippen LogP contribution in [-0.4, -0.2) is 9.97 Å². The van der Waals surface area contributed by atoms with E-state index in [1.54, 1.807) is 12.1 Å². The molecular weight excluding hydrogens is 348 g/mol. The van der Waals surface area contributed by atoms with Gasteiger partial charge in [0.2, 0.25) is 5.95 Å². The molecule has 0 unspecified atom stereocenters. The van der Waals surface area contributed by atoms with Gasteiger partial charge in [-0.1, -0.05) is 0 Å². The van der Waals surface area contributed by atoms with E-state index < -0.39 is 31.2 Å². The van der Waals surface area contributed by atoms with Crippen molar-refractivity contribution in [2.45, 2.75) is 13.8 Å². The molecule has 6 heteroatoms. The average molecular weight is 375 g/mol. The number of rotatable bonds is 5. The zero-order valence-electron chi connectivity index (χ0n) is 23.6. The van der Waals surface area contributed by atoms with Crippen LogP contribution in [-0.2, 0) is 0 Å². The number of benzene rings is 2. The van der Waals surface area contributed by atoms with Crippen molar-refractivity contribution in [1.29, 1.82) is 10.5 Å². The monoisotopic (exact) mass is 375 g/mol. The van der Waals surface area contributed by atoms with Crippen LogP contribution in [0.1, 0.15) is 34.6 Å². The maximum atomic E-state index is 9.05. The summed E-state index contributed by atoms with van der Waals surface area (Å²) in [7, 11) is 0. The van der Waals surface area contributed by atoms with Gasteiger partial charge >= 0.3 is 0 Å². The minimum Gasteiger partial charge on any atom is -0.340 e. The third-order valence-corrected chi connectivity index (χ3v) is 3.51. The summed E-state index contributed by atoms with van der Waals surface area (Å²) in [5, 5.41) is 23.5. The molecule has 1 aromatic heterocycles. The number of nitrogens with one attached hydrogen (secondary N) is 2. The number of aryl methyl sites for hydroxylation is 2. The predicted molar refractivity (Wildman–Crippen MR) is 110 cm³/mol. The van der Waals surface area contributed by atoms with E-state index in [9.17, 15) is 0 Å². The highest BCUT2D eigenvalue weighted by molar-refractivity contribution is 5.69. The fraction of sp³-hybridized carbons (Fsp3) is 0.0909. The third kappa shape index (κ3) is 4.51. The second kappa shape index (κ2) is 8.48. The van der Waals surface area contributed by atoms with Crippen LogP contribution in [0.25, 0.3) is 6.05 Å². The van der Waals surface area contributed by atoms with Crippen molar-refractivity contribution >= 4 is 29.2 Å². The van der Waals surface area contributed by atoms with Gasteiger partial charge in [-0.05, 0) is 78.9 Å². The van der Waals surface area contributed by atoms with Crippen molar-refractivity contribution in [3.8, 4) is 12.1 Å². The van der Waals surface area contributed by atoms with Gasteiger partial charge in [0.05, 0.1) is 25.9 Å². The van der Waals surface area contributed by atoms with Crippen LogP contribution >= 0.6 is 0 Å². The standard InChI is InChI=1S/C22H18N6/c1-15-12-18(4-3-10-23)13-16(2)21(15)27-20-9-11-25-22(28-20)26-19-7-5-17(14-24)6-8-19/h3-9,11-13H,1-2H3,(H2,25,26,27,28)/b4-3+/i1D3,3D,4D,5D,6D,9D,11D. The molecule has 136 valence electrons. The largest absolute Gasteiger partial charge is 0.340 e. The van der Waals surface area contributed by atoms with Gasteiger partial charge in [-0.3, -0.25) is 0 Å². The first kappa shape index (κ1) is 10.2. The Morgan fingerprint density at radius 1 is 1.18 bits per heavy atom. The lowest BCUT2D eigenvalue weighted by atomic mass is 10.0. The summed E-state index contributed by atoms with van der Waals surface area (Å²) in [6.07, 6.45) is -0.500. The van der Waals surface area contributed by atoms with Gasteiger partial charge in [-0.25, -0.2) is 4.98 Å². The molecule has 0 aliphatic rings.